The summed E-state index contributed by atoms with van der Waals surface area (Å²) in [6.45, 7) is 0. The zero-order valence-electron chi connectivity index (χ0n) is 6.90. The van der Waals surface area contributed by atoms with Crippen LogP contribution < -0.4 is 0 Å². The van der Waals surface area contributed by atoms with Gasteiger partial charge in [-0.05, 0) is 6.08 Å². The van der Waals surface area contributed by atoms with Gasteiger partial charge in [-0.2, -0.15) is 0 Å². The molecule has 4 nitrogen and oxygen atoms in total. The minimum absolute atomic E-state index is 0.0331. The van der Waals surface area contributed by atoms with E-state index in [1.165, 1.54) is 17.8 Å². The maximum absolute atomic E-state index is 11.1. The van der Waals surface area contributed by atoms with E-state index < -0.39 is 12.1 Å². The number of hydrogen-bond donors (Lipinski definition) is 2. The van der Waals surface area contributed by atoms with Crippen LogP contribution in [0.3, 0.4) is 0 Å². The van der Waals surface area contributed by atoms with Crippen LogP contribution in [0.4, 0.5) is 0 Å². The number of aliphatic hydroxyl groups excluding tert-OH is 1. The quantitative estimate of drug-likeness (QED) is 0.690. The molecule has 1 rings (SSSR count). The fourth-order valence-corrected chi connectivity index (χ4v) is 1.99. The molecule has 0 aromatic heterocycles. The largest absolute Gasteiger partial charge is 0.481 e. The number of carboxylic acids is 1. The van der Waals surface area contributed by atoms with Gasteiger partial charge in [-0.1, -0.05) is 0 Å². The Bertz CT molecular complexity index is 259. The number of ketones is 1. The normalized spacial score (nSPS) is 21.8. The number of Topliss-reactive ketones (excluding diaryl/α,β-unsaturated/α-hetero) is 1. The Hall–Kier alpha value is -0.810. The molecule has 1 unspecified atom stereocenters. The van der Waals surface area contributed by atoms with Gasteiger partial charge in [0, 0.05) is 17.1 Å². The van der Waals surface area contributed by atoms with Crippen LogP contribution in [0.2, 0.25) is 0 Å². The van der Waals surface area contributed by atoms with Gasteiger partial charge in [-0.25, -0.2) is 0 Å². The maximum atomic E-state index is 11.1. The molecule has 0 aliphatic heterocycles. The lowest BCUT2D eigenvalue weighted by Gasteiger charge is -1.96. The Morgan fingerprint density at radius 2 is 2.38 bits per heavy atom. The second-order valence-corrected chi connectivity index (χ2v) is 3.85. The van der Waals surface area contributed by atoms with Crippen LogP contribution >= 0.6 is 11.8 Å². The third-order valence-electron chi connectivity index (χ3n) is 1.59. The highest BCUT2D eigenvalue weighted by Crippen LogP contribution is 2.25. The van der Waals surface area contributed by atoms with Crippen molar-refractivity contribution in [3.8, 4) is 0 Å². The Morgan fingerprint density at radius 1 is 1.69 bits per heavy atom. The zero-order valence-corrected chi connectivity index (χ0v) is 7.71. The van der Waals surface area contributed by atoms with Crippen LogP contribution in [0.5, 0.6) is 0 Å². The predicted octanol–water partition coefficient (Wildman–Crippen LogP) is 0.412. The standard InChI is InChI=1S/C8H10O4S/c9-5-3-6(10)7(4-5)13-2-1-8(11)12/h4-5,9H,1-3H2,(H,11,12). The summed E-state index contributed by atoms with van der Waals surface area (Å²) < 4.78 is 0. The van der Waals surface area contributed by atoms with Gasteiger partial charge in [0.05, 0.1) is 12.5 Å². The van der Waals surface area contributed by atoms with Gasteiger partial charge >= 0.3 is 5.97 Å². The molecule has 0 amide bonds. The molecule has 5 heteroatoms. The molecule has 0 aromatic rings. The van der Waals surface area contributed by atoms with Crippen LogP contribution in [0.15, 0.2) is 11.0 Å². The van der Waals surface area contributed by atoms with E-state index in [-0.39, 0.29) is 18.6 Å². The minimum Gasteiger partial charge on any atom is -0.481 e. The molecule has 1 atom stereocenters. The second kappa shape index (κ2) is 4.43. The first kappa shape index (κ1) is 10.3. The van der Waals surface area contributed by atoms with Crippen LogP contribution in [0.1, 0.15) is 12.8 Å². The SMILES string of the molecule is O=C(O)CCSC1=CC(O)CC1=O. The Balaban J connectivity index is 2.33. The molecule has 2 N–H and O–H groups in total. The number of aliphatic hydroxyl groups is 1. The molecule has 0 saturated heterocycles. The molecule has 0 fully saturated rings. The topological polar surface area (TPSA) is 74.6 Å². The van der Waals surface area contributed by atoms with Crippen LogP contribution in [0, 0.1) is 0 Å². The van der Waals surface area contributed by atoms with Gasteiger partial charge < -0.3 is 10.2 Å². The van der Waals surface area contributed by atoms with Crippen molar-refractivity contribution in [3.63, 3.8) is 0 Å². The Morgan fingerprint density at radius 3 is 2.85 bits per heavy atom. The fourth-order valence-electron chi connectivity index (χ4n) is 0.994. The average Bonchev–Trinajstić information content (AvgIpc) is 2.29. The van der Waals surface area contributed by atoms with Crippen molar-refractivity contribution in [1.82, 2.24) is 0 Å². The number of carbonyl (C=O) groups excluding carboxylic acids is 1. The van der Waals surface area contributed by atoms with E-state index in [0.29, 0.717) is 10.7 Å². The van der Waals surface area contributed by atoms with Gasteiger partial charge in [-0.15, -0.1) is 11.8 Å². The molecular weight excluding hydrogens is 192 g/mol. The van der Waals surface area contributed by atoms with E-state index in [2.05, 4.69) is 0 Å². The maximum Gasteiger partial charge on any atom is 0.304 e. The van der Waals surface area contributed by atoms with Crippen LogP contribution in [-0.4, -0.2) is 33.8 Å². The number of carboxylic acid groups (broad SMARTS) is 1. The van der Waals surface area contributed by atoms with Gasteiger partial charge in [0.1, 0.15) is 0 Å². The van der Waals surface area contributed by atoms with Gasteiger partial charge in [0.25, 0.3) is 0 Å². The predicted molar refractivity (Wildman–Crippen MR) is 48.4 cm³/mol. The van der Waals surface area contributed by atoms with Gasteiger partial charge in [-0.3, -0.25) is 9.59 Å². The monoisotopic (exact) mass is 202 g/mol. The van der Waals surface area contributed by atoms with Crippen molar-refractivity contribution in [1.29, 1.82) is 0 Å². The molecule has 0 aromatic carbocycles. The summed E-state index contributed by atoms with van der Waals surface area (Å²) in [5, 5.41) is 17.4. The highest BCUT2D eigenvalue weighted by molar-refractivity contribution is 8.04. The number of carbonyl (C=O) groups is 2. The number of aliphatic carboxylic acids is 1. The highest BCUT2D eigenvalue weighted by atomic mass is 32.2. The summed E-state index contributed by atoms with van der Waals surface area (Å²) in [7, 11) is 0. The van der Waals surface area contributed by atoms with E-state index in [1.807, 2.05) is 0 Å². The van der Waals surface area contributed by atoms with Crippen molar-refractivity contribution < 1.29 is 19.8 Å². The summed E-state index contributed by atoms with van der Waals surface area (Å²) in [5.74, 6) is -0.596. The van der Waals surface area contributed by atoms with E-state index in [4.69, 9.17) is 10.2 Å². The first-order chi connectivity index (χ1) is 6.09. The molecule has 0 heterocycles. The molecule has 0 saturated carbocycles. The Kier molecular flexibility index (Phi) is 3.50. The molecule has 72 valence electrons. The molecule has 1 aliphatic carbocycles. The van der Waals surface area contributed by atoms with Crippen molar-refractivity contribution in [3.05, 3.63) is 11.0 Å². The van der Waals surface area contributed by atoms with Crippen molar-refractivity contribution in [2.75, 3.05) is 5.75 Å². The zero-order chi connectivity index (χ0) is 9.84. The Labute approximate surface area is 79.6 Å². The smallest absolute Gasteiger partial charge is 0.304 e. The van der Waals surface area contributed by atoms with Crippen LogP contribution in [0.25, 0.3) is 0 Å². The van der Waals surface area contributed by atoms with Crippen molar-refractivity contribution in [2.45, 2.75) is 18.9 Å². The third-order valence-corrected chi connectivity index (χ3v) is 2.67. The molecule has 1 aliphatic rings. The average molecular weight is 202 g/mol. The molecule has 0 radical (unpaired) electrons. The van der Waals surface area contributed by atoms with Gasteiger partial charge in [0.15, 0.2) is 5.78 Å². The second-order valence-electron chi connectivity index (χ2n) is 2.72. The van der Waals surface area contributed by atoms with E-state index >= 15 is 0 Å². The van der Waals surface area contributed by atoms with Crippen LogP contribution in [-0.2, 0) is 9.59 Å². The first-order valence-electron chi connectivity index (χ1n) is 3.87. The number of hydrogen-bond acceptors (Lipinski definition) is 4. The summed E-state index contributed by atoms with van der Waals surface area (Å²) in [6.07, 6.45) is 0.968. The number of rotatable bonds is 4. The van der Waals surface area contributed by atoms with E-state index in [0.717, 1.165) is 0 Å². The molecule has 13 heavy (non-hydrogen) atoms. The number of allylic oxidation sites excluding steroid dienone is 1. The van der Waals surface area contributed by atoms with Crippen molar-refractivity contribution >= 4 is 23.5 Å². The highest BCUT2D eigenvalue weighted by Gasteiger charge is 2.22. The lowest BCUT2D eigenvalue weighted by Crippen LogP contribution is -2.01. The number of thioether (sulfide) groups is 1. The fraction of sp³-hybridized carbons (Fsp3) is 0.500. The minimum atomic E-state index is -0.876. The van der Waals surface area contributed by atoms with Gasteiger partial charge in [0.2, 0.25) is 0 Å². The first-order valence-corrected chi connectivity index (χ1v) is 4.86. The van der Waals surface area contributed by atoms with Crippen molar-refractivity contribution in [2.24, 2.45) is 0 Å². The molecule has 0 bridgehead atoms. The lowest BCUT2D eigenvalue weighted by molar-refractivity contribution is -0.136. The van der Waals surface area contributed by atoms with E-state index in [1.54, 1.807) is 0 Å². The molecule has 0 spiro atoms. The third kappa shape index (κ3) is 3.20. The lowest BCUT2D eigenvalue weighted by atomic mass is 10.3. The van der Waals surface area contributed by atoms with E-state index in [9.17, 15) is 9.59 Å². The summed E-state index contributed by atoms with van der Waals surface area (Å²) in [5.41, 5.74) is 0. The summed E-state index contributed by atoms with van der Waals surface area (Å²) in [4.78, 5) is 21.7. The summed E-state index contributed by atoms with van der Waals surface area (Å²) in [6, 6.07) is 0. The molecular formula is C8H10O4S. The summed E-state index contributed by atoms with van der Waals surface area (Å²) >= 11 is 1.19.